The van der Waals surface area contributed by atoms with Crippen molar-refractivity contribution in [1.82, 2.24) is 9.47 Å². The van der Waals surface area contributed by atoms with Crippen molar-refractivity contribution in [3.8, 4) is 0 Å². The molecule has 1 amide bonds. The number of benzene rings is 1. The normalized spacial score (nSPS) is 10.6. The van der Waals surface area contributed by atoms with E-state index in [0.29, 0.717) is 12.3 Å². The number of amides is 1. The predicted molar refractivity (Wildman–Crippen MR) is 92.9 cm³/mol. The zero-order chi connectivity index (χ0) is 15.8. The number of hydrogen-bond acceptors (Lipinski definition) is 2. The Morgan fingerprint density at radius 2 is 1.95 bits per heavy atom. The first-order valence-corrected chi connectivity index (χ1v) is 8.75. The zero-order valence-electron chi connectivity index (χ0n) is 13.4. The minimum absolute atomic E-state index is 0.212. The first-order valence-electron chi connectivity index (χ1n) is 7.76. The van der Waals surface area contributed by atoms with Gasteiger partial charge in [-0.25, -0.2) is 0 Å². The third-order valence-electron chi connectivity index (χ3n) is 3.64. The smallest absolute Gasteiger partial charge is 0.233 e. The molecule has 0 aliphatic carbocycles. The lowest BCUT2D eigenvalue weighted by atomic mass is 10.3. The molecule has 2 rings (SSSR count). The standard InChI is InChI=1S/C18H24N2OS/c1-3-4-13-20(14-16-9-8-12-19(16)2)18(21)15-22-17-10-6-5-7-11-17/h5-12H,3-4,13-15H2,1-2H3. The Morgan fingerprint density at radius 3 is 2.59 bits per heavy atom. The molecule has 2 aromatic rings. The number of aromatic nitrogens is 1. The van der Waals surface area contributed by atoms with Gasteiger partial charge in [-0.05, 0) is 30.7 Å². The van der Waals surface area contributed by atoms with Gasteiger partial charge in [-0.2, -0.15) is 0 Å². The van der Waals surface area contributed by atoms with Crippen LogP contribution in [0.5, 0.6) is 0 Å². The van der Waals surface area contributed by atoms with Crippen molar-refractivity contribution in [3.05, 3.63) is 54.4 Å². The SMILES string of the molecule is CCCCN(Cc1cccn1C)C(=O)CSc1ccccc1. The van der Waals surface area contributed by atoms with E-state index < -0.39 is 0 Å². The first-order chi connectivity index (χ1) is 10.7. The second kappa shape index (κ2) is 8.69. The largest absolute Gasteiger partial charge is 0.353 e. The van der Waals surface area contributed by atoms with Crippen LogP contribution in [0, 0.1) is 0 Å². The molecule has 118 valence electrons. The van der Waals surface area contributed by atoms with Gasteiger partial charge in [-0.1, -0.05) is 31.5 Å². The van der Waals surface area contributed by atoms with Gasteiger partial charge in [-0.15, -0.1) is 11.8 Å². The summed E-state index contributed by atoms with van der Waals surface area (Å²) in [7, 11) is 2.02. The van der Waals surface area contributed by atoms with Gasteiger partial charge < -0.3 is 9.47 Å². The van der Waals surface area contributed by atoms with E-state index in [2.05, 4.69) is 17.6 Å². The van der Waals surface area contributed by atoms with E-state index in [1.54, 1.807) is 11.8 Å². The number of aryl methyl sites for hydroxylation is 1. The topological polar surface area (TPSA) is 25.2 Å². The molecule has 0 atom stereocenters. The van der Waals surface area contributed by atoms with Crippen LogP contribution in [0.15, 0.2) is 53.6 Å². The van der Waals surface area contributed by atoms with Gasteiger partial charge in [0.1, 0.15) is 0 Å². The molecule has 0 bridgehead atoms. The van der Waals surface area contributed by atoms with E-state index in [4.69, 9.17) is 0 Å². The highest BCUT2D eigenvalue weighted by Gasteiger charge is 2.15. The molecular weight excluding hydrogens is 292 g/mol. The Hall–Kier alpha value is -1.68. The Labute approximate surface area is 137 Å². The van der Waals surface area contributed by atoms with Crippen molar-refractivity contribution in [1.29, 1.82) is 0 Å². The van der Waals surface area contributed by atoms with Crippen molar-refractivity contribution in [2.75, 3.05) is 12.3 Å². The number of rotatable bonds is 8. The van der Waals surface area contributed by atoms with Crippen LogP contribution >= 0.6 is 11.8 Å². The van der Waals surface area contributed by atoms with Gasteiger partial charge in [0.05, 0.1) is 12.3 Å². The van der Waals surface area contributed by atoms with Gasteiger partial charge in [0.15, 0.2) is 0 Å². The second-order valence-electron chi connectivity index (χ2n) is 5.38. The molecule has 0 N–H and O–H groups in total. The van der Waals surface area contributed by atoms with Crippen molar-refractivity contribution in [3.63, 3.8) is 0 Å². The minimum atomic E-state index is 0.212. The summed E-state index contributed by atoms with van der Waals surface area (Å²) in [5.41, 5.74) is 1.18. The summed E-state index contributed by atoms with van der Waals surface area (Å²) in [6.07, 6.45) is 4.17. The van der Waals surface area contributed by atoms with Gasteiger partial charge >= 0.3 is 0 Å². The van der Waals surface area contributed by atoms with Gasteiger partial charge in [-0.3, -0.25) is 4.79 Å². The molecular formula is C18H24N2OS. The Bertz CT molecular complexity index is 580. The average molecular weight is 316 g/mol. The minimum Gasteiger partial charge on any atom is -0.353 e. The second-order valence-corrected chi connectivity index (χ2v) is 6.43. The summed E-state index contributed by atoms with van der Waals surface area (Å²) in [6, 6.07) is 14.2. The fourth-order valence-corrected chi connectivity index (χ4v) is 3.07. The zero-order valence-corrected chi connectivity index (χ0v) is 14.2. The van der Waals surface area contributed by atoms with Crippen LogP contribution in [0.2, 0.25) is 0 Å². The van der Waals surface area contributed by atoms with Crippen LogP contribution in [0.4, 0.5) is 0 Å². The monoisotopic (exact) mass is 316 g/mol. The molecule has 1 heterocycles. The van der Waals surface area contributed by atoms with Crippen molar-refractivity contribution < 1.29 is 4.79 Å². The average Bonchev–Trinajstić information content (AvgIpc) is 2.95. The van der Waals surface area contributed by atoms with Crippen molar-refractivity contribution in [2.24, 2.45) is 7.05 Å². The Kier molecular flexibility index (Phi) is 6.59. The number of hydrogen-bond donors (Lipinski definition) is 0. The number of carbonyl (C=O) groups excluding carboxylic acids is 1. The molecule has 0 spiro atoms. The van der Waals surface area contributed by atoms with E-state index in [1.807, 2.05) is 54.5 Å². The molecule has 0 unspecified atom stereocenters. The Balaban J connectivity index is 1.95. The molecule has 4 heteroatoms. The highest BCUT2D eigenvalue weighted by Crippen LogP contribution is 2.18. The van der Waals surface area contributed by atoms with Crippen molar-refractivity contribution in [2.45, 2.75) is 31.2 Å². The molecule has 0 aliphatic heterocycles. The molecule has 1 aromatic carbocycles. The summed E-state index contributed by atoms with van der Waals surface area (Å²) < 4.78 is 2.08. The van der Waals surface area contributed by atoms with Crippen LogP contribution in [-0.2, 0) is 18.4 Å². The molecule has 1 aromatic heterocycles. The van der Waals surface area contributed by atoms with Crippen LogP contribution in [0.3, 0.4) is 0 Å². The van der Waals surface area contributed by atoms with E-state index in [9.17, 15) is 4.79 Å². The number of carbonyl (C=O) groups is 1. The third-order valence-corrected chi connectivity index (χ3v) is 4.64. The Morgan fingerprint density at radius 1 is 1.18 bits per heavy atom. The number of unbranched alkanes of at least 4 members (excludes halogenated alkanes) is 1. The fourth-order valence-electron chi connectivity index (χ4n) is 2.25. The maximum Gasteiger partial charge on any atom is 0.233 e. The fraction of sp³-hybridized carbons (Fsp3) is 0.389. The van der Waals surface area contributed by atoms with E-state index in [0.717, 1.165) is 24.3 Å². The maximum atomic E-state index is 12.6. The lowest BCUT2D eigenvalue weighted by Crippen LogP contribution is -2.33. The predicted octanol–water partition coefficient (Wildman–Crippen LogP) is 3.95. The molecule has 22 heavy (non-hydrogen) atoms. The van der Waals surface area contributed by atoms with Crippen LogP contribution in [0.1, 0.15) is 25.5 Å². The highest BCUT2D eigenvalue weighted by atomic mass is 32.2. The summed E-state index contributed by atoms with van der Waals surface area (Å²) in [5.74, 6) is 0.710. The maximum absolute atomic E-state index is 12.6. The quantitative estimate of drug-likeness (QED) is 0.689. The van der Waals surface area contributed by atoms with E-state index in [1.165, 1.54) is 5.69 Å². The van der Waals surface area contributed by atoms with Gasteiger partial charge in [0.25, 0.3) is 0 Å². The molecule has 0 aliphatic rings. The summed E-state index contributed by atoms with van der Waals surface area (Å²) >= 11 is 1.61. The van der Waals surface area contributed by atoms with Crippen LogP contribution in [0.25, 0.3) is 0 Å². The summed E-state index contributed by atoms with van der Waals surface area (Å²) in [4.78, 5) is 15.7. The lowest BCUT2D eigenvalue weighted by molar-refractivity contribution is -0.129. The van der Waals surface area contributed by atoms with E-state index >= 15 is 0 Å². The summed E-state index contributed by atoms with van der Waals surface area (Å²) in [5, 5.41) is 0. The van der Waals surface area contributed by atoms with Crippen molar-refractivity contribution >= 4 is 17.7 Å². The van der Waals surface area contributed by atoms with Crippen LogP contribution < -0.4 is 0 Å². The molecule has 0 fully saturated rings. The van der Waals surface area contributed by atoms with Gasteiger partial charge in [0.2, 0.25) is 5.91 Å². The number of thioether (sulfide) groups is 1. The van der Waals surface area contributed by atoms with E-state index in [-0.39, 0.29) is 5.91 Å². The third kappa shape index (κ3) is 4.95. The molecule has 0 saturated heterocycles. The molecule has 3 nitrogen and oxygen atoms in total. The number of nitrogens with zero attached hydrogens (tertiary/aromatic N) is 2. The first kappa shape index (κ1) is 16.7. The lowest BCUT2D eigenvalue weighted by Gasteiger charge is -2.23. The summed E-state index contributed by atoms with van der Waals surface area (Å²) in [6.45, 7) is 3.68. The highest BCUT2D eigenvalue weighted by molar-refractivity contribution is 8.00. The van der Waals surface area contributed by atoms with Crippen LogP contribution in [-0.4, -0.2) is 27.7 Å². The molecule has 0 radical (unpaired) electrons. The molecule has 0 saturated carbocycles. The van der Waals surface area contributed by atoms with Gasteiger partial charge in [0, 0.05) is 30.4 Å².